The fraction of sp³-hybridized carbons (Fsp3) is 0.267. The maximum atomic E-state index is 11.8. The number of alkyl carbamates (subject to hydrolysis) is 1. The molecule has 6 nitrogen and oxygen atoms in total. The van der Waals surface area contributed by atoms with E-state index in [4.69, 9.17) is 9.84 Å². The summed E-state index contributed by atoms with van der Waals surface area (Å²) in [6, 6.07) is 8.55. The summed E-state index contributed by atoms with van der Waals surface area (Å²) in [7, 11) is 0. The number of benzene rings is 1. The number of carboxylic acids is 1. The van der Waals surface area contributed by atoms with Crippen LogP contribution < -0.4 is 5.32 Å². The summed E-state index contributed by atoms with van der Waals surface area (Å²) in [5.74, 6) is -1.01. The van der Waals surface area contributed by atoms with Gasteiger partial charge in [0.1, 0.15) is 6.61 Å². The highest BCUT2D eigenvalue weighted by molar-refractivity contribution is 7.09. The SMILES string of the molecule is Cc1nc([C@H](CC(=O)O)NC(=O)OCc2ccccc2)cs1. The molecule has 0 spiro atoms. The molecular weight excluding hydrogens is 304 g/mol. The fourth-order valence-electron chi connectivity index (χ4n) is 1.85. The predicted octanol–water partition coefficient (Wildman–Crippen LogP) is 2.89. The number of aromatic nitrogens is 1. The van der Waals surface area contributed by atoms with E-state index >= 15 is 0 Å². The lowest BCUT2D eigenvalue weighted by Crippen LogP contribution is -2.30. The highest BCUT2D eigenvalue weighted by atomic mass is 32.1. The lowest BCUT2D eigenvalue weighted by Gasteiger charge is -2.15. The number of amides is 1. The van der Waals surface area contributed by atoms with Crippen LogP contribution in [-0.2, 0) is 16.1 Å². The topological polar surface area (TPSA) is 88.5 Å². The van der Waals surface area contributed by atoms with Gasteiger partial charge in [0.15, 0.2) is 0 Å². The molecule has 7 heteroatoms. The summed E-state index contributed by atoms with van der Waals surface area (Å²) in [5, 5.41) is 14.1. The van der Waals surface area contributed by atoms with Crippen molar-refractivity contribution in [1.29, 1.82) is 0 Å². The summed E-state index contributed by atoms with van der Waals surface area (Å²) >= 11 is 1.40. The standard InChI is InChI=1S/C15H16N2O4S/c1-10-16-13(9-22-10)12(7-14(18)19)17-15(20)21-8-11-5-3-2-4-6-11/h2-6,9,12H,7-8H2,1H3,(H,17,20)(H,18,19)/t12-/m0/s1. The van der Waals surface area contributed by atoms with E-state index in [1.165, 1.54) is 11.3 Å². The molecule has 0 fully saturated rings. The Morgan fingerprint density at radius 1 is 1.36 bits per heavy atom. The fourth-order valence-corrected chi connectivity index (χ4v) is 2.52. The summed E-state index contributed by atoms with van der Waals surface area (Å²) in [5.41, 5.74) is 1.39. The van der Waals surface area contributed by atoms with E-state index in [9.17, 15) is 9.59 Å². The molecule has 0 aliphatic rings. The second kappa shape index (κ2) is 7.56. The van der Waals surface area contributed by atoms with Crippen molar-refractivity contribution in [3.63, 3.8) is 0 Å². The Morgan fingerprint density at radius 2 is 2.09 bits per heavy atom. The van der Waals surface area contributed by atoms with Crippen LogP contribution >= 0.6 is 11.3 Å². The first kappa shape index (κ1) is 16.0. The van der Waals surface area contributed by atoms with Gasteiger partial charge in [-0.1, -0.05) is 30.3 Å². The number of ether oxygens (including phenoxy) is 1. The van der Waals surface area contributed by atoms with E-state index in [1.807, 2.05) is 37.3 Å². The summed E-state index contributed by atoms with van der Waals surface area (Å²) < 4.78 is 5.10. The first-order chi connectivity index (χ1) is 10.5. The van der Waals surface area contributed by atoms with Crippen molar-refractivity contribution < 1.29 is 19.4 Å². The predicted molar refractivity (Wildman–Crippen MR) is 81.6 cm³/mol. The lowest BCUT2D eigenvalue weighted by molar-refractivity contribution is -0.137. The molecule has 0 saturated carbocycles. The minimum atomic E-state index is -1.01. The number of aryl methyl sites for hydroxylation is 1. The molecule has 0 bridgehead atoms. The molecule has 22 heavy (non-hydrogen) atoms. The van der Waals surface area contributed by atoms with Gasteiger partial charge < -0.3 is 15.2 Å². The first-order valence-corrected chi connectivity index (χ1v) is 7.53. The minimum absolute atomic E-state index is 0.128. The maximum absolute atomic E-state index is 11.8. The number of carbonyl (C=O) groups excluding carboxylic acids is 1. The Morgan fingerprint density at radius 3 is 2.68 bits per heavy atom. The van der Waals surface area contributed by atoms with Crippen LogP contribution in [-0.4, -0.2) is 22.2 Å². The largest absolute Gasteiger partial charge is 0.481 e. The zero-order valence-corrected chi connectivity index (χ0v) is 12.8. The van der Waals surface area contributed by atoms with Gasteiger partial charge in [0.2, 0.25) is 0 Å². The Balaban J connectivity index is 1.94. The number of rotatable bonds is 6. The van der Waals surface area contributed by atoms with Gasteiger partial charge in [0.05, 0.1) is 23.2 Å². The van der Waals surface area contributed by atoms with Crippen molar-refractivity contribution in [2.24, 2.45) is 0 Å². The molecule has 0 unspecified atom stereocenters. The van der Waals surface area contributed by atoms with Gasteiger partial charge in [-0.25, -0.2) is 9.78 Å². The number of hydrogen-bond acceptors (Lipinski definition) is 5. The van der Waals surface area contributed by atoms with Crippen LogP contribution in [0.1, 0.15) is 28.7 Å². The first-order valence-electron chi connectivity index (χ1n) is 6.65. The third-order valence-electron chi connectivity index (χ3n) is 2.88. The normalized spacial score (nSPS) is 11.7. The summed E-state index contributed by atoms with van der Waals surface area (Å²) in [6.07, 6.45) is -0.912. The van der Waals surface area contributed by atoms with E-state index in [2.05, 4.69) is 10.3 Å². The van der Waals surface area contributed by atoms with E-state index < -0.39 is 18.1 Å². The van der Waals surface area contributed by atoms with Crippen LogP contribution in [0.5, 0.6) is 0 Å². The van der Waals surface area contributed by atoms with Gasteiger partial charge in [-0.05, 0) is 12.5 Å². The van der Waals surface area contributed by atoms with Crippen molar-refractivity contribution >= 4 is 23.4 Å². The van der Waals surface area contributed by atoms with Crippen molar-refractivity contribution in [1.82, 2.24) is 10.3 Å². The number of carbonyl (C=O) groups is 2. The van der Waals surface area contributed by atoms with Gasteiger partial charge >= 0.3 is 12.1 Å². The van der Waals surface area contributed by atoms with Crippen LogP contribution in [0.2, 0.25) is 0 Å². The Bertz CT molecular complexity index is 642. The molecular formula is C15H16N2O4S. The third kappa shape index (κ3) is 4.85. The molecule has 0 saturated heterocycles. The third-order valence-corrected chi connectivity index (χ3v) is 3.67. The van der Waals surface area contributed by atoms with Crippen LogP contribution in [0, 0.1) is 6.92 Å². The zero-order valence-electron chi connectivity index (χ0n) is 12.0. The average molecular weight is 320 g/mol. The summed E-state index contributed by atoms with van der Waals surface area (Å²) in [4.78, 5) is 27.0. The molecule has 2 rings (SSSR count). The second-order valence-corrected chi connectivity index (χ2v) is 5.71. The van der Waals surface area contributed by atoms with Gasteiger partial charge in [0.25, 0.3) is 0 Å². The van der Waals surface area contributed by atoms with Gasteiger partial charge in [0, 0.05) is 5.38 Å². The highest BCUT2D eigenvalue weighted by Crippen LogP contribution is 2.19. The van der Waals surface area contributed by atoms with Crippen molar-refractivity contribution in [2.45, 2.75) is 26.0 Å². The molecule has 0 aliphatic carbocycles. The maximum Gasteiger partial charge on any atom is 0.408 e. The Kier molecular flexibility index (Phi) is 5.48. The molecule has 1 aromatic carbocycles. The number of aliphatic carboxylic acids is 1. The monoisotopic (exact) mass is 320 g/mol. The molecule has 116 valence electrons. The van der Waals surface area contributed by atoms with E-state index in [0.717, 1.165) is 10.6 Å². The Hall–Kier alpha value is -2.41. The molecule has 1 amide bonds. The van der Waals surface area contributed by atoms with Crippen LogP contribution in [0.15, 0.2) is 35.7 Å². The molecule has 2 N–H and O–H groups in total. The molecule has 0 radical (unpaired) electrons. The number of thiazole rings is 1. The molecule has 1 atom stereocenters. The van der Waals surface area contributed by atoms with Crippen LogP contribution in [0.3, 0.4) is 0 Å². The number of nitrogens with one attached hydrogen (secondary N) is 1. The zero-order chi connectivity index (χ0) is 15.9. The molecule has 2 aromatic rings. The Labute approximate surface area is 131 Å². The summed E-state index contributed by atoms with van der Waals surface area (Å²) in [6.45, 7) is 1.95. The second-order valence-electron chi connectivity index (χ2n) is 4.65. The van der Waals surface area contributed by atoms with Gasteiger partial charge in [-0.15, -0.1) is 11.3 Å². The number of nitrogens with zero attached hydrogens (tertiary/aromatic N) is 1. The van der Waals surface area contributed by atoms with Crippen molar-refractivity contribution in [2.75, 3.05) is 0 Å². The smallest absolute Gasteiger partial charge is 0.408 e. The highest BCUT2D eigenvalue weighted by Gasteiger charge is 2.21. The molecule has 1 heterocycles. The minimum Gasteiger partial charge on any atom is -0.481 e. The average Bonchev–Trinajstić information content (AvgIpc) is 2.92. The quantitative estimate of drug-likeness (QED) is 0.854. The van der Waals surface area contributed by atoms with E-state index in [-0.39, 0.29) is 13.0 Å². The van der Waals surface area contributed by atoms with Crippen LogP contribution in [0.25, 0.3) is 0 Å². The van der Waals surface area contributed by atoms with Gasteiger partial charge in [-0.3, -0.25) is 4.79 Å². The molecule has 1 aromatic heterocycles. The number of carboxylic acid groups (broad SMARTS) is 1. The van der Waals surface area contributed by atoms with Gasteiger partial charge in [-0.2, -0.15) is 0 Å². The van der Waals surface area contributed by atoms with Crippen molar-refractivity contribution in [3.8, 4) is 0 Å². The van der Waals surface area contributed by atoms with E-state index in [1.54, 1.807) is 5.38 Å². The molecule has 0 aliphatic heterocycles. The van der Waals surface area contributed by atoms with E-state index in [0.29, 0.717) is 5.69 Å². The lowest BCUT2D eigenvalue weighted by atomic mass is 10.1. The van der Waals surface area contributed by atoms with Crippen molar-refractivity contribution in [3.05, 3.63) is 52.0 Å². The van der Waals surface area contributed by atoms with Crippen LogP contribution in [0.4, 0.5) is 4.79 Å². The number of hydrogen-bond donors (Lipinski definition) is 2.